The first-order valence-electron chi connectivity index (χ1n) is 8.97. The minimum absolute atomic E-state index is 0.317. The van der Waals surface area contributed by atoms with E-state index in [-0.39, 0.29) is 0 Å². The molecule has 3 aromatic rings. The predicted octanol–water partition coefficient (Wildman–Crippen LogP) is 4.06. The van der Waals surface area contributed by atoms with Crippen LogP contribution in [-0.4, -0.2) is 31.5 Å². The molecule has 0 unspecified atom stereocenters. The van der Waals surface area contributed by atoms with Crippen molar-refractivity contribution in [1.29, 1.82) is 0 Å². The van der Waals surface area contributed by atoms with Gasteiger partial charge in [-0.2, -0.15) is 0 Å². The van der Waals surface area contributed by atoms with Gasteiger partial charge in [0.25, 0.3) is 0 Å². The van der Waals surface area contributed by atoms with Gasteiger partial charge in [0.05, 0.1) is 16.9 Å². The minimum atomic E-state index is -3.61. The summed E-state index contributed by atoms with van der Waals surface area (Å²) in [4.78, 5) is 0.317. The van der Waals surface area contributed by atoms with Crippen molar-refractivity contribution in [3.05, 3.63) is 59.7 Å². The van der Waals surface area contributed by atoms with E-state index in [0.29, 0.717) is 42.0 Å². The number of hydrogen-bond donors (Lipinski definition) is 0. The van der Waals surface area contributed by atoms with Gasteiger partial charge in [-0.15, -0.1) is 0 Å². The fourth-order valence-electron chi connectivity index (χ4n) is 2.96. The first kappa shape index (κ1) is 19.4. The van der Waals surface area contributed by atoms with Crippen LogP contribution in [0, 0.1) is 6.92 Å². The van der Waals surface area contributed by atoms with Crippen molar-refractivity contribution in [3.63, 3.8) is 0 Å². The summed E-state index contributed by atoms with van der Waals surface area (Å²) in [7, 11) is -1.99. The first-order valence-corrected chi connectivity index (χ1v) is 10.4. The van der Waals surface area contributed by atoms with Crippen LogP contribution in [0.1, 0.15) is 30.4 Å². The Balaban J connectivity index is 1.83. The molecule has 0 bridgehead atoms. The quantitative estimate of drug-likeness (QED) is 0.582. The molecule has 0 fully saturated rings. The molecule has 0 aliphatic carbocycles. The molecular formula is C20H24N2O4S. The Morgan fingerprint density at radius 2 is 2.00 bits per heavy atom. The van der Waals surface area contributed by atoms with Crippen molar-refractivity contribution in [2.24, 2.45) is 0 Å². The van der Waals surface area contributed by atoms with Crippen LogP contribution in [0.4, 0.5) is 0 Å². The Bertz CT molecular complexity index is 991. The van der Waals surface area contributed by atoms with E-state index >= 15 is 0 Å². The van der Waals surface area contributed by atoms with Crippen molar-refractivity contribution in [1.82, 2.24) is 9.46 Å². The monoisotopic (exact) mass is 388 g/mol. The fraction of sp³-hybridized carbons (Fsp3) is 0.350. The zero-order valence-corrected chi connectivity index (χ0v) is 16.6. The molecule has 0 aliphatic rings. The summed E-state index contributed by atoms with van der Waals surface area (Å²) in [6, 6.07) is 10.9. The number of aromatic nitrogens is 1. The van der Waals surface area contributed by atoms with E-state index in [1.165, 1.54) is 4.31 Å². The number of benzene rings is 1. The van der Waals surface area contributed by atoms with Gasteiger partial charge < -0.3 is 8.94 Å². The Labute approximate surface area is 159 Å². The van der Waals surface area contributed by atoms with Gasteiger partial charge in [-0.05, 0) is 43.5 Å². The van der Waals surface area contributed by atoms with Gasteiger partial charge in [0, 0.05) is 31.6 Å². The van der Waals surface area contributed by atoms with Crippen LogP contribution in [0.3, 0.4) is 0 Å². The van der Waals surface area contributed by atoms with Gasteiger partial charge in [0.15, 0.2) is 5.76 Å². The Morgan fingerprint density at radius 1 is 1.19 bits per heavy atom. The molecule has 144 valence electrons. The Hall–Kier alpha value is -2.38. The normalized spacial score (nSPS) is 12.0. The van der Waals surface area contributed by atoms with E-state index in [2.05, 4.69) is 5.16 Å². The largest absolute Gasteiger partial charge is 0.469 e. The lowest BCUT2D eigenvalue weighted by Crippen LogP contribution is -2.29. The van der Waals surface area contributed by atoms with Crippen LogP contribution in [0.2, 0.25) is 0 Å². The predicted molar refractivity (Wildman–Crippen MR) is 103 cm³/mol. The molecule has 0 atom stereocenters. The van der Waals surface area contributed by atoms with Crippen molar-refractivity contribution in [3.8, 4) is 11.3 Å². The van der Waals surface area contributed by atoms with Crippen LogP contribution >= 0.6 is 0 Å². The van der Waals surface area contributed by atoms with E-state index in [4.69, 9.17) is 8.94 Å². The maximum atomic E-state index is 13.1. The molecule has 1 aromatic carbocycles. The molecule has 0 radical (unpaired) electrons. The number of furan rings is 1. The van der Waals surface area contributed by atoms with Crippen molar-refractivity contribution in [2.75, 3.05) is 13.6 Å². The third kappa shape index (κ3) is 4.31. The zero-order chi connectivity index (χ0) is 19.4. The second kappa shape index (κ2) is 8.10. The molecule has 0 aliphatic heterocycles. The third-order valence-electron chi connectivity index (χ3n) is 4.53. The molecular weight excluding hydrogens is 364 g/mol. The molecule has 0 amide bonds. The molecule has 3 rings (SSSR count). The molecule has 0 N–H and O–H groups in total. The second-order valence-electron chi connectivity index (χ2n) is 6.52. The first-order chi connectivity index (χ1) is 12.9. The summed E-state index contributed by atoms with van der Waals surface area (Å²) in [6.07, 6.45) is 3.64. The van der Waals surface area contributed by atoms with Crippen LogP contribution < -0.4 is 0 Å². The van der Waals surface area contributed by atoms with Gasteiger partial charge in [-0.25, -0.2) is 12.7 Å². The van der Waals surface area contributed by atoms with Gasteiger partial charge in [-0.1, -0.05) is 24.2 Å². The zero-order valence-electron chi connectivity index (χ0n) is 15.8. The third-order valence-corrected chi connectivity index (χ3v) is 6.46. The maximum Gasteiger partial charge on any atom is 0.243 e. The van der Waals surface area contributed by atoms with E-state index in [0.717, 1.165) is 17.0 Å². The summed E-state index contributed by atoms with van der Waals surface area (Å²) in [5.74, 6) is 1.42. The molecule has 7 heteroatoms. The molecule has 0 saturated heterocycles. The van der Waals surface area contributed by atoms with E-state index in [1.807, 2.05) is 38.1 Å². The Morgan fingerprint density at radius 3 is 2.63 bits per heavy atom. The lowest BCUT2D eigenvalue weighted by Gasteiger charge is -2.19. The molecule has 0 spiro atoms. The fourth-order valence-corrected chi connectivity index (χ4v) is 4.48. The van der Waals surface area contributed by atoms with Crippen LogP contribution in [0.5, 0.6) is 0 Å². The SMILES string of the molecule is CCc1ccc(-c2cc(C)no2)cc1S(=O)(=O)N(C)CCCc1ccco1. The average molecular weight is 388 g/mol. The van der Waals surface area contributed by atoms with E-state index in [1.54, 1.807) is 25.4 Å². The lowest BCUT2D eigenvalue weighted by molar-refractivity contribution is 0.427. The summed E-state index contributed by atoms with van der Waals surface area (Å²) in [6.45, 7) is 4.19. The number of nitrogens with zero attached hydrogens (tertiary/aromatic N) is 2. The summed E-state index contributed by atoms with van der Waals surface area (Å²) >= 11 is 0. The van der Waals surface area contributed by atoms with Crippen molar-refractivity contribution >= 4 is 10.0 Å². The molecule has 2 heterocycles. The van der Waals surface area contributed by atoms with Gasteiger partial charge in [0.2, 0.25) is 10.0 Å². The Kier molecular flexibility index (Phi) is 5.82. The lowest BCUT2D eigenvalue weighted by atomic mass is 10.1. The van der Waals surface area contributed by atoms with Crippen molar-refractivity contribution in [2.45, 2.75) is 38.0 Å². The van der Waals surface area contributed by atoms with Gasteiger partial charge >= 0.3 is 0 Å². The molecule has 2 aromatic heterocycles. The summed E-state index contributed by atoms with van der Waals surface area (Å²) in [5, 5.41) is 3.88. The highest BCUT2D eigenvalue weighted by atomic mass is 32.2. The number of sulfonamides is 1. The molecule has 0 saturated carbocycles. The number of hydrogen-bond acceptors (Lipinski definition) is 5. The highest BCUT2D eigenvalue weighted by Crippen LogP contribution is 2.28. The van der Waals surface area contributed by atoms with E-state index < -0.39 is 10.0 Å². The standard InChI is InChI=1S/C20H24N2O4S/c1-4-16-9-10-17(19-13-15(2)21-26-19)14-20(16)27(23,24)22(3)11-5-7-18-8-6-12-25-18/h6,8-10,12-14H,4-5,7,11H2,1-3H3. The summed E-state index contributed by atoms with van der Waals surface area (Å²) in [5.41, 5.74) is 2.24. The van der Waals surface area contributed by atoms with Crippen LogP contribution in [0.15, 0.2) is 56.5 Å². The van der Waals surface area contributed by atoms with Gasteiger partial charge in [0.1, 0.15) is 5.76 Å². The smallest absolute Gasteiger partial charge is 0.243 e. The number of rotatable bonds is 8. The highest BCUT2D eigenvalue weighted by Gasteiger charge is 2.24. The van der Waals surface area contributed by atoms with Crippen molar-refractivity contribution < 1.29 is 17.4 Å². The van der Waals surface area contributed by atoms with Gasteiger partial charge in [-0.3, -0.25) is 0 Å². The molecule has 6 nitrogen and oxygen atoms in total. The maximum absolute atomic E-state index is 13.1. The molecule has 27 heavy (non-hydrogen) atoms. The average Bonchev–Trinajstić information content (AvgIpc) is 3.32. The summed E-state index contributed by atoms with van der Waals surface area (Å²) < 4.78 is 38.3. The second-order valence-corrected chi connectivity index (χ2v) is 8.53. The van der Waals surface area contributed by atoms with Crippen LogP contribution in [-0.2, 0) is 22.9 Å². The topological polar surface area (TPSA) is 76.6 Å². The number of aryl methyl sites for hydroxylation is 3. The highest BCUT2D eigenvalue weighted by molar-refractivity contribution is 7.89. The van der Waals surface area contributed by atoms with Crippen LogP contribution in [0.25, 0.3) is 11.3 Å². The van der Waals surface area contributed by atoms with E-state index in [9.17, 15) is 8.42 Å². The minimum Gasteiger partial charge on any atom is -0.469 e.